The largest absolute Gasteiger partial charge is 0.497 e. The molecule has 0 unspecified atom stereocenters. The van der Waals surface area contributed by atoms with E-state index in [-0.39, 0.29) is 23.6 Å². The van der Waals surface area contributed by atoms with Crippen LogP contribution in [0, 0.1) is 11.3 Å². The predicted molar refractivity (Wildman–Crippen MR) is 112 cm³/mol. The van der Waals surface area contributed by atoms with Gasteiger partial charge in [-0.05, 0) is 41.5 Å². The average molecular weight is 475 g/mol. The van der Waals surface area contributed by atoms with Crippen molar-refractivity contribution in [2.45, 2.75) is 6.54 Å². The van der Waals surface area contributed by atoms with Gasteiger partial charge in [-0.15, -0.1) is 0 Å². The molecule has 2 rings (SSSR count). The number of carbonyl (C=O) groups excluding carboxylic acids is 1. The van der Waals surface area contributed by atoms with E-state index in [9.17, 15) is 14.9 Å². The molecule has 156 valence electrons. The summed E-state index contributed by atoms with van der Waals surface area (Å²) in [5.41, 5.74) is 1.24. The molecule has 0 aliphatic carbocycles. The zero-order valence-corrected chi connectivity index (χ0v) is 17.9. The molecule has 0 heterocycles. The van der Waals surface area contributed by atoms with E-state index in [0.717, 1.165) is 5.56 Å². The number of carboxylic acids is 1. The number of halogens is 1. The molecule has 0 aromatic heterocycles. The van der Waals surface area contributed by atoms with Crippen molar-refractivity contribution in [2.24, 2.45) is 0 Å². The Morgan fingerprint density at radius 2 is 1.87 bits per heavy atom. The first kappa shape index (κ1) is 22.8. The summed E-state index contributed by atoms with van der Waals surface area (Å²) in [6.45, 7) is -0.288. The Morgan fingerprint density at radius 1 is 1.17 bits per heavy atom. The number of hydrogen-bond acceptors (Lipinski definition) is 6. The Kier molecular flexibility index (Phi) is 8.26. The Hall–Kier alpha value is -3.51. The van der Waals surface area contributed by atoms with Gasteiger partial charge in [-0.1, -0.05) is 28.1 Å². The monoisotopic (exact) mass is 474 g/mol. The molecule has 1 amide bonds. The Bertz CT molecular complexity index is 996. The molecule has 0 saturated carbocycles. The van der Waals surface area contributed by atoms with Crippen LogP contribution in [0.5, 0.6) is 17.2 Å². The average Bonchev–Trinajstić information content (AvgIpc) is 2.75. The molecule has 9 heteroatoms. The number of amides is 1. The van der Waals surface area contributed by atoms with Gasteiger partial charge in [0.2, 0.25) is 0 Å². The van der Waals surface area contributed by atoms with Crippen LogP contribution in [-0.2, 0) is 16.1 Å². The summed E-state index contributed by atoms with van der Waals surface area (Å²) in [5, 5.41) is 20.9. The van der Waals surface area contributed by atoms with E-state index >= 15 is 0 Å². The lowest BCUT2D eigenvalue weighted by Gasteiger charge is -2.12. The maximum Gasteiger partial charge on any atom is 0.341 e. The first-order valence-corrected chi connectivity index (χ1v) is 9.42. The van der Waals surface area contributed by atoms with Crippen LogP contribution in [0.15, 0.2) is 46.4 Å². The van der Waals surface area contributed by atoms with E-state index in [4.69, 9.17) is 19.3 Å². The number of nitrogens with zero attached hydrogens (tertiary/aromatic N) is 1. The molecule has 0 bridgehead atoms. The van der Waals surface area contributed by atoms with Gasteiger partial charge in [0.25, 0.3) is 5.91 Å². The Morgan fingerprint density at radius 3 is 2.43 bits per heavy atom. The van der Waals surface area contributed by atoms with Gasteiger partial charge in [-0.25, -0.2) is 4.79 Å². The second-order valence-corrected chi connectivity index (χ2v) is 6.76. The summed E-state index contributed by atoms with van der Waals surface area (Å²) >= 11 is 3.33. The second kappa shape index (κ2) is 10.9. The molecule has 2 N–H and O–H groups in total. The molecule has 30 heavy (non-hydrogen) atoms. The number of ether oxygens (including phenoxy) is 3. The van der Waals surface area contributed by atoms with Crippen molar-refractivity contribution < 1.29 is 28.9 Å². The van der Waals surface area contributed by atoms with Crippen molar-refractivity contribution in [3.63, 3.8) is 0 Å². The van der Waals surface area contributed by atoms with E-state index in [1.165, 1.54) is 25.3 Å². The van der Waals surface area contributed by atoms with Gasteiger partial charge >= 0.3 is 5.97 Å². The van der Waals surface area contributed by atoms with Crippen LogP contribution in [0.1, 0.15) is 11.1 Å². The van der Waals surface area contributed by atoms with Crippen molar-refractivity contribution in [1.29, 1.82) is 5.26 Å². The van der Waals surface area contributed by atoms with Crippen LogP contribution in [0.4, 0.5) is 0 Å². The van der Waals surface area contributed by atoms with Gasteiger partial charge in [0.1, 0.15) is 17.4 Å². The van der Waals surface area contributed by atoms with Crippen LogP contribution >= 0.6 is 15.9 Å². The molecule has 0 aliphatic rings. The van der Waals surface area contributed by atoms with Gasteiger partial charge in [0.15, 0.2) is 18.1 Å². The van der Waals surface area contributed by atoms with Gasteiger partial charge < -0.3 is 24.6 Å². The minimum atomic E-state index is -1.13. The van der Waals surface area contributed by atoms with E-state index in [0.29, 0.717) is 15.8 Å². The molecule has 0 aliphatic heterocycles. The highest BCUT2D eigenvalue weighted by molar-refractivity contribution is 9.10. The summed E-state index contributed by atoms with van der Waals surface area (Å²) in [4.78, 5) is 23.1. The number of benzene rings is 2. The van der Waals surface area contributed by atoms with Crippen molar-refractivity contribution in [3.05, 3.63) is 57.6 Å². The third kappa shape index (κ3) is 6.25. The predicted octanol–water partition coefficient (Wildman–Crippen LogP) is 3.15. The minimum Gasteiger partial charge on any atom is -0.497 e. The first-order chi connectivity index (χ1) is 14.4. The fourth-order valence-corrected chi connectivity index (χ4v) is 2.84. The van der Waals surface area contributed by atoms with Gasteiger partial charge in [0, 0.05) is 11.0 Å². The number of methoxy groups -OCH3 is 2. The van der Waals surface area contributed by atoms with E-state index in [1.54, 1.807) is 19.2 Å². The molecule has 0 saturated heterocycles. The maximum absolute atomic E-state index is 12.4. The summed E-state index contributed by atoms with van der Waals surface area (Å²) in [6.07, 6.45) is 1.40. The van der Waals surface area contributed by atoms with Gasteiger partial charge in [0.05, 0.1) is 14.2 Å². The third-order valence-corrected chi connectivity index (χ3v) is 4.60. The van der Waals surface area contributed by atoms with Crippen LogP contribution in [0.25, 0.3) is 6.08 Å². The van der Waals surface area contributed by atoms with E-state index in [2.05, 4.69) is 21.2 Å². The van der Waals surface area contributed by atoms with Crippen LogP contribution in [-0.4, -0.2) is 37.8 Å². The lowest BCUT2D eigenvalue weighted by Crippen LogP contribution is -2.23. The number of nitriles is 1. The van der Waals surface area contributed by atoms with Crippen LogP contribution < -0.4 is 19.5 Å². The topological polar surface area (TPSA) is 118 Å². The lowest BCUT2D eigenvalue weighted by atomic mass is 10.1. The number of aliphatic carboxylic acids is 1. The highest BCUT2D eigenvalue weighted by atomic mass is 79.9. The molecular formula is C21H19BrN2O6. The summed E-state index contributed by atoms with van der Waals surface area (Å²) in [5.74, 6) is -0.479. The van der Waals surface area contributed by atoms with Crippen molar-refractivity contribution in [3.8, 4) is 23.3 Å². The van der Waals surface area contributed by atoms with Crippen molar-refractivity contribution in [1.82, 2.24) is 5.32 Å². The minimum absolute atomic E-state index is 0.106. The number of nitrogens with one attached hydrogen (secondary N) is 1. The summed E-state index contributed by atoms with van der Waals surface area (Å²) < 4.78 is 16.0. The molecule has 0 fully saturated rings. The third-order valence-electron chi connectivity index (χ3n) is 3.91. The second-order valence-electron chi connectivity index (χ2n) is 5.91. The first-order valence-electron chi connectivity index (χ1n) is 8.63. The molecule has 2 aromatic rings. The standard InChI is InChI=1S/C21H19BrN2O6/c1-28-16-5-3-13(4-6-16)11-24-21(27)15(10-23)7-14-8-18(29-2)19(9-17(14)22)30-12-20(25)26/h3-9H,11-12H2,1-2H3,(H,24,27)(H,25,26)/b15-7-. The van der Waals surface area contributed by atoms with Gasteiger partial charge in [-0.3, -0.25) is 4.79 Å². The number of hydrogen-bond donors (Lipinski definition) is 2. The maximum atomic E-state index is 12.4. The molecule has 0 atom stereocenters. The summed E-state index contributed by atoms with van der Waals surface area (Å²) in [7, 11) is 2.97. The Balaban J connectivity index is 2.17. The zero-order chi connectivity index (χ0) is 22.1. The van der Waals surface area contributed by atoms with E-state index < -0.39 is 18.5 Å². The van der Waals surface area contributed by atoms with E-state index in [1.807, 2.05) is 18.2 Å². The van der Waals surface area contributed by atoms with Crippen molar-refractivity contribution in [2.75, 3.05) is 20.8 Å². The molecule has 0 radical (unpaired) electrons. The highest BCUT2D eigenvalue weighted by Gasteiger charge is 2.14. The SMILES string of the molecule is COc1ccc(CNC(=O)/C(C#N)=C\c2cc(OC)c(OCC(=O)O)cc2Br)cc1. The quantitative estimate of drug-likeness (QED) is 0.423. The summed E-state index contributed by atoms with van der Waals surface area (Å²) in [6, 6.07) is 12.1. The fourth-order valence-electron chi connectivity index (χ4n) is 2.40. The molecule has 2 aromatic carbocycles. The molecule has 8 nitrogen and oxygen atoms in total. The number of carbonyl (C=O) groups is 2. The number of carboxylic acid groups (broad SMARTS) is 1. The smallest absolute Gasteiger partial charge is 0.341 e. The number of rotatable bonds is 9. The normalized spacial score (nSPS) is 10.7. The van der Waals surface area contributed by atoms with Crippen molar-refractivity contribution >= 4 is 33.9 Å². The highest BCUT2D eigenvalue weighted by Crippen LogP contribution is 2.34. The Labute approximate surface area is 181 Å². The lowest BCUT2D eigenvalue weighted by molar-refractivity contribution is -0.139. The molecular weight excluding hydrogens is 456 g/mol. The van der Waals surface area contributed by atoms with Crippen LogP contribution in [0.3, 0.4) is 0 Å². The van der Waals surface area contributed by atoms with Gasteiger partial charge in [-0.2, -0.15) is 5.26 Å². The fraction of sp³-hybridized carbons (Fsp3) is 0.190. The zero-order valence-electron chi connectivity index (χ0n) is 16.3. The molecule has 0 spiro atoms. The van der Waals surface area contributed by atoms with Crippen LogP contribution in [0.2, 0.25) is 0 Å².